The second-order valence-corrected chi connectivity index (χ2v) is 5.88. The van der Waals surface area contributed by atoms with Crippen LogP contribution in [0.25, 0.3) is 0 Å². The Morgan fingerprint density at radius 3 is 3.16 bits per heavy atom. The summed E-state index contributed by atoms with van der Waals surface area (Å²) >= 11 is 1.69. The summed E-state index contributed by atoms with van der Waals surface area (Å²) in [7, 11) is 2.00. The summed E-state index contributed by atoms with van der Waals surface area (Å²) < 4.78 is 7.85. The van der Waals surface area contributed by atoms with Gasteiger partial charge in [0.25, 0.3) is 0 Å². The van der Waals surface area contributed by atoms with Gasteiger partial charge < -0.3 is 14.6 Å². The predicted molar refractivity (Wildman–Crippen MR) is 74.0 cm³/mol. The van der Waals surface area contributed by atoms with Gasteiger partial charge in [0.1, 0.15) is 11.9 Å². The number of hydrogen-bond donors (Lipinski definition) is 1. The Hall–Kier alpha value is -1.24. The Bertz CT molecular complexity index is 550. The molecule has 0 spiro atoms. The predicted octanol–water partition coefficient (Wildman–Crippen LogP) is 1.80. The fourth-order valence-electron chi connectivity index (χ4n) is 2.43. The molecule has 0 saturated carbocycles. The number of hydrogen-bond acceptors (Lipinski definition) is 5. The molecular formula is C13H18N4OS. The molecule has 102 valence electrons. The van der Waals surface area contributed by atoms with Crippen LogP contribution in [0, 0.1) is 6.92 Å². The van der Waals surface area contributed by atoms with Crippen LogP contribution in [0.15, 0.2) is 17.8 Å². The molecule has 1 fully saturated rings. The Labute approximate surface area is 116 Å². The molecule has 0 aliphatic carbocycles. The summed E-state index contributed by atoms with van der Waals surface area (Å²) in [6.07, 6.45) is 4.83. The Morgan fingerprint density at radius 2 is 2.47 bits per heavy atom. The van der Waals surface area contributed by atoms with E-state index in [1.54, 1.807) is 11.3 Å². The highest BCUT2D eigenvalue weighted by Gasteiger charge is 2.32. The summed E-state index contributed by atoms with van der Waals surface area (Å²) in [5.41, 5.74) is 1.10. The fraction of sp³-hybridized carbons (Fsp3) is 0.538. The highest BCUT2D eigenvalue weighted by atomic mass is 32.1. The molecule has 1 N–H and O–H groups in total. The molecule has 1 aliphatic rings. The van der Waals surface area contributed by atoms with Gasteiger partial charge in [-0.25, -0.2) is 9.97 Å². The van der Waals surface area contributed by atoms with Gasteiger partial charge in [0.2, 0.25) is 0 Å². The van der Waals surface area contributed by atoms with E-state index in [-0.39, 0.29) is 6.10 Å². The summed E-state index contributed by atoms with van der Waals surface area (Å²) in [4.78, 5) is 8.86. The summed E-state index contributed by atoms with van der Waals surface area (Å²) in [5, 5.41) is 6.76. The number of aryl methyl sites for hydroxylation is 2. The van der Waals surface area contributed by atoms with Gasteiger partial charge in [0, 0.05) is 44.0 Å². The highest BCUT2D eigenvalue weighted by molar-refractivity contribution is 7.09. The van der Waals surface area contributed by atoms with Crippen molar-refractivity contribution in [3.05, 3.63) is 34.3 Å². The van der Waals surface area contributed by atoms with Crippen molar-refractivity contribution < 1.29 is 4.74 Å². The van der Waals surface area contributed by atoms with Crippen molar-refractivity contribution in [3.8, 4) is 0 Å². The summed E-state index contributed by atoms with van der Waals surface area (Å²) in [5.74, 6) is 0.990. The van der Waals surface area contributed by atoms with Crippen molar-refractivity contribution in [2.45, 2.75) is 32.0 Å². The zero-order chi connectivity index (χ0) is 13.2. The minimum atomic E-state index is 0.0414. The first kappa shape index (κ1) is 12.8. The Kier molecular flexibility index (Phi) is 3.63. The van der Waals surface area contributed by atoms with Crippen molar-refractivity contribution in [1.29, 1.82) is 0 Å². The van der Waals surface area contributed by atoms with Crippen LogP contribution >= 0.6 is 11.3 Å². The average molecular weight is 278 g/mol. The maximum absolute atomic E-state index is 5.82. The van der Waals surface area contributed by atoms with E-state index in [0.717, 1.165) is 36.1 Å². The van der Waals surface area contributed by atoms with Gasteiger partial charge in [-0.2, -0.15) is 0 Å². The topological polar surface area (TPSA) is 52.0 Å². The van der Waals surface area contributed by atoms with Crippen LogP contribution < -0.4 is 5.32 Å². The van der Waals surface area contributed by atoms with E-state index >= 15 is 0 Å². The van der Waals surface area contributed by atoms with Crippen molar-refractivity contribution >= 4 is 11.3 Å². The molecule has 3 heterocycles. The monoisotopic (exact) mass is 278 g/mol. The zero-order valence-electron chi connectivity index (χ0n) is 11.2. The highest BCUT2D eigenvalue weighted by Crippen LogP contribution is 2.27. The van der Waals surface area contributed by atoms with Gasteiger partial charge in [-0.1, -0.05) is 0 Å². The number of nitrogens with zero attached hydrogens (tertiary/aromatic N) is 3. The molecule has 1 aliphatic heterocycles. The molecule has 2 atom stereocenters. The number of nitrogens with one attached hydrogen (secondary N) is 1. The van der Waals surface area contributed by atoms with E-state index in [0.29, 0.717) is 6.04 Å². The average Bonchev–Trinajstić information content (AvgIpc) is 3.07. The Morgan fingerprint density at radius 1 is 1.58 bits per heavy atom. The van der Waals surface area contributed by atoms with Crippen molar-refractivity contribution in [3.63, 3.8) is 0 Å². The lowest BCUT2D eigenvalue weighted by molar-refractivity contribution is 0.0892. The van der Waals surface area contributed by atoms with Gasteiger partial charge in [0.05, 0.1) is 10.7 Å². The quantitative estimate of drug-likeness (QED) is 0.926. The molecule has 3 rings (SSSR count). The SMILES string of the molecule is Cc1nc(CN[C@H]2CCO[C@@H]2c2nccn2C)cs1. The van der Waals surface area contributed by atoms with Gasteiger partial charge >= 0.3 is 0 Å². The van der Waals surface area contributed by atoms with E-state index in [2.05, 4.69) is 20.7 Å². The zero-order valence-corrected chi connectivity index (χ0v) is 12.0. The standard InChI is InChI=1S/C13H18N4OS/c1-9-16-10(8-19-9)7-15-11-3-6-18-12(11)13-14-4-5-17(13)2/h4-5,8,11-12,15H,3,6-7H2,1-2H3/t11-,12-/m0/s1. The molecule has 2 aromatic rings. The van der Waals surface area contributed by atoms with Crippen LogP contribution in [-0.4, -0.2) is 27.2 Å². The molecule has 0 aromatic carbocycles. The lowest BCUT2D eigenvalue weighted by Crippen LogP contribution is -2.32. The minimum absolute atomic E-state index is 0.0414. The van der Waals surface area contributed by atoms with Crippen molar-refractivity contribution in [2.24, 2.45) is 7.05 Å². The van der Waals surface area contributed by atoms with Crippen molar-refractivity contribution in [1.82, 2.24) is 19.9 Å². The number of aromatic nitrogens is 3. The number of ether oxygens (including phenoxy) is 1. The third kappa shape index (κ3) is 2.70. The van der Waals surface area contributed by atoms with Gasteiger partial charge in [-0.15, -0.1) is 11.3 Å². The fourth-order valence-corrected chi connectivity index (χ4v) is 3.04. The van der Waals surface area contributed by atoms with Gasteiger partial charge in [-0.05, 0) is 13.3 Å². The van der Waals surface area contributed by atoms with E-state index in [1.165, 1.54) is 0 Å². The summed E-state index contributed by atoms with van der Waals surface area (Å²) in [6.45, 7) is 3.61. The third-order valence-corrected chi connectivity index (χ3v) is 4.24. The number of rotatable bonds is 4. The van der Waals surface area contributed by atoms with E-state index < -0.39 is 0 Å². The lowest BCUT2D eigenvalue weighted by Gasteiger charge is -2.19. The molecule has 0 unspecified atom stereocenters. The van der Waals surface area contributed by atoms with E-state index in [1.807, 2.05) is 30.9 Å². The molecule has 0 radical (unpaired) electrons. The molecular weight excluding hydrogens is 260 g/mol. The molecule has 2 aromatic heterocycles. The number of imidazole rings is 1. The van der Waals surface area contributed by atoms with Crippen LogP contribution in [0.4, 0.5) is 0 Å². The van der Waals surface area contributed by atoms with Gasteiger partial charge in [0.15, 0.2) is 0 Å². The number of thiazole rings is 1. The maximum Gasteiger partial charge on any atom is 0.139 e. The smallest absolute Gasteiger partial charge is 0.139 e. The van der Waals surface area contributed by atoms with E-state index in [9.17, 15) is 0 Å². The van der Waals surface area contributed by atoms with Crippen molar-refractivity contribution in [2.75, 3.05) is 6.61 Å². The molecule has 0 bridgehead atoms. The third-order valence-electron chi connectivity index (χ3n) is 3.42. The van der Waals surface area contributed by atoms with Crippen LogP contribution in [0.2, 0.25) is 0 Å². The first-order chi connectivity index (χ1) is 9.24. The normalized spacial score (nSPS) is 23.1. The molecule has 1 saturated heterocycles. The van der Waals surface area contributed by atoms with Crippen LogP contribution in [0.5, 0.6) is 0 Å². The van der Waals surface area contributed by atoms with Crippen LogP contribution in [0.3, 0.4) is 0 Å². The van der Waals surface area contributed by atoms with Crippen LogP contribution in [-0.2, 0) is 18.3 Å². The maximum atomic E-state index is 5.82. The second-order valence-electron chi connectivity index (χ2n) is 4.82. The van der Waals surface area contributed by atoms with E-state index in [4.69, 9.17) is 4.74 Å². The Balaban J connectivity index is 1.65. The first-order valence-electron chi connectivity index (χ1n) is 6.47. The van der Waals surface area contributed by atoms with Gasteiger partial charge in [-0.3, -0.25) is 0 Å². The van der Waals surface area contributed by atoms with Crippen LogP contribution in [0.1, 0.15) is 29.1 Å². The summed E-state index contributed by atoms with van der Waals surface area (Å²) in [6, 6.07) is 0.308. The molecule has 5 nitrogen and oxygen atoms in total. The molecule has 19 heavy (non-hydrogen) atoms. The largest absolute Gasteiger partial charge is 0.369 e. The molecule has 0 amide bonds. The minimum Gasteiger partial charge on any atom is -0.369 e. The lowest BCUT2D eigenvalue weighted by atomic mass is 10.1. The second kappa shape index (κ2) is 5.40. The molecule has 6 heteroatoms. The first-order valence-corrected chi connectivity index (χ1v) is 7.35.